The van der Waals surface area contributed by atoms with E-state index in [4.69, 9.17) is 10.5 Å². The first-order valence-electron chi connectivity index (χ1n) is 8.47. The van der Waals surface area contributed by atoms with Crippen LogP contribution in [0.5, 0.6) is 0 Å². The summed E-state index contributed by atoms with van der Waals surface area (Å²) in [6, 6.07) is 10.0. The molecular weight excluding hydrogens is 361 g/mol. The highest BCUT2D eigenvalue weighted by Gasteiger charge is 2.28. The SMILES string of the molecule is CCC1CN(C(=O)CC(N)c2ccccc2)CCN1CCOC.Cl.Cl. The highest BCUT2D eigenvalue weighted by Crippen LogP contribution is 2.18. The van der Waals surface area contributed by atoms with Crippen LogP contribution in [0.2, 0.25) is 0 Å². The number of piperazine rings is 1. The summed E-state index contributed by atoms with van der Waals surface area (Å²) in [6.07, 6.45) is 1.41. The molecule has 5 nitrogen and oxygen atoms in total. The van der Waals surface area contributed by atoms with E-state index >= 15 is 0 Å². The van der Waals surface area contributed by atoms with Crippen LogP contribution in [-0.2, 0) is 9.53 Å². The Kier molecular flexibility index (Phi) is 12.1. The van der Waals surface area contributed by atoms with Crippen LogP contribution in [-0.4, -0.2) is 61.6 Å². The average Bonchev–Trinajstić information content (AvgIpc) is 2.60. The molecule has 0 spiro atoms. The zero-order valence-electron chi connectivity index (χ0n) is 15.1. The number of carbonyl (C=O) groups excluding carboxylic acids is 1. The van der Waals surface area contributed by atoms with Crippen LogP contribution in [0.4, 0.5) is 0 Å². The fourth-order valence-corrected chi connectivity index (χ4v) is 3.14. The maximum atomic E-state index is 12.6. The van der Waals surface area contributed by atoms with Crippen molar-refractivity contribution in [2.75, 3.05) is 39.9 Å². The maximum Gasteiger partial charge on any atom is 0.224 e. The molecule has 2 N–H and O–H groups in total. The number of halogens is 2. The Balaban J connectivity index is 0.00000288. The van der Waals surface area contributed by atoms with Crippen LogP contribution in [0.25, 0.3) is 0 Å². The zero-order chi connectivity index (χ0) is 16.7. The number of hydrogen-bond donors (Lipinski definition) is 1. The lowest BCUT2D eigenvalue weighted by Crippen LogP contribution is -2.55. The van der Waals surface area contributed by atoms with Gasteiger partial charge >= 0.3 is 0 Å². The Morgan fingerprint density at radius 1 is 1.28 bits per heavy atom. The normalized spacial score (nSPS) is 18.8. The third-order valence-corrected chi connectivity index (χ3v) is 4.63. The number of hydrogen-bond acceptors (Lipinski definition) is 4. The summed E-state index contributed by atoms with van der Waals surface area (Å²) in [5.74, 6) is 0.159. The Bertz CT molecular complexity index is 490. The number of nitrogens with two attached hydrogens (primary N) is 1. The molecule has 1 heterocycles. The van der Waals surface area contributed by atoms with E-state index < -0.39 is 0 Å². The van der Waals surface area contributed by atoms with Gasteiger partial charge in [0, 0.05) is 51.8 Å². The number of amides is 1. The van der Waals surface area contributed by atoms with Crippen molar-refractivity contribution in [3.63, 3.8) is 0 Å². The highest BCUT2D eigenvalue weighted by molar-refractivity contribution is 5.85. The number of benzene rings is 1. The molecule has 0 aliphatic carbocycles. The van der Waals surface area contributed by atoms with Crippen LogP contribution < -0.4 is 5.73 Å². The molecule has 2 rings (SSSR count). The Hall–Kier alpha value is -0.850. The molecule has 1 saturated heterocycles. The van der Waals surface area contributed by atoms with Gasteiger partial charge in [-0.25, -0.2) is 0 Å². The topological polar surface area (TPSA) is 58.8 Å². The number of nitrogens with zero attached hydrogens (tertiary/aromatic N) is 2. The Labute approximate surface area is 163 Å². The second kappa shape index (κ2) is 12.5. The van der Waals surface area contributed by atoms with Gasteiger partial charge in [0.05, 0.1) is 6.61 Å². The molecule has 1 aromatic carbocycles. The minimum absolute atomic E-state index is 0. The maximum absolute atomic E-state index is 12.6. The van der Waals surface area contributed by atoms with Gasteiger partial charge in [0.25, 0.3) is 0 Å². The van der Waals surface area contributed by atoms with Gasteiger partial charge in [-0.3, -0.25) is 9.69 Å². The number of methoxy groups -OCH3 is 1. The number of ether oxygens (including phenoxy) is 1. The highest BCUT2D eigenvalue weighted by atomic mass is 35.5. The minimum atomic E-state index is -0.227. The summed E-state index contributed by atoms with van der Waals surface area (Å²) in [5.41, 5.74) is 7.21. The third-order valence-electron chi connectivity index (χ3n) is 4.63. The van der Waals surface area contributed by atoms with Crippen molar-refractivity contribution in [1.82, 2.24) is 9.80 Å². The predicted octanol–water partition coefficient (Wildman–Crippen LogP) is 2.49. The molecule has 0 aromatic heterocycles. The van der Waals surface area contributed by atoms with Gasteiger partial charge in [-0.05, 0) is 12.0 Å². The van der Waals surface area contributed by atoms with Crippen molar-refractivity contribution >= 4 is 30.7 Å². The lowest BCUT2D eigenvalue weighted by molar-refractivity contribution is -0.134. The molecular formula is C18H31Cl2N3O2. The van der Waals surface area contributed by atoms with E-state index in [-0.39, 0.29) is 36.8 Å². The zero-order valence-corrected chi connectivity index (χ0v) is 16.7. The molecule has 144 valence electrons. The first-order valence-corrected chi connectivity index (χ1v) is 8.47. The van der Waals surface area contributed by atoms with Gasteiger partial charge < -0.3 is 15.4 Å². The summed E-state index contributed by atoms with van der Waals surface area (Å²) < 4.78 is 5.17. The molecule has 0 bridgehead atoms. The Morgan fingerprint density at radius 2 is 1.96 bits per heavy atom. The van der Waals surface area contributed by atoms with Gasteiger partial charge in [-0.15, -0.1) is 24.8 Å². The van der Waals surface area contributed by atoms with Gasteiger partial charge in [-0.2, -0.15) is 0 Å². The average molecular weight is 392 g/mol. The van der Waals surface area contributed by atoms with E-state index in [9.17, 15) is 4.79 Å². The monoisotopic (exact) mass is 391 g/mol. The largest absolute Gasteiger partial charge is 0.383 e. The molecule has 1 amide bonds. The van der Waals surface area contributed by atoms with E-state index in [0.29, 0.717) is 12.5 Å². The fraction of sp³-hybridized carbons (Fsp3) is 0.611. The van der Waals surface area contributed by atoms with Crippen molar-refractivity contribution < 1.29 is 9.53 Å². The summed E-state index contributed by atoms with van der Waals surface area (Å²) >= 11 is 0. The molecule has 0 radical (unpaired) electrons. The van der Waals surface area contributed by atoms with Gasteiger partial charge in [0.1, 0.15) is 0 Å². The molecule has 25 heavy (non-hydrogen) atoms. The van der Waals surface area contributed by atoms with Gasteiger partial charge in [-0.1, -0.05) is 37.3 Å². The molecule has 7 heteroatoms. The van der Waals surface area contributed by atoms with Crippen LogP contribution in [0.15, 0.2) is 30.3 Å². The summed E-state index contributed by atoms with van der Waals surface area (Å²) in [7, 11) is 1.73. The number of rotatable bonds is 7. The Morgan fingerprint density at radius 3 is 2.56 bits per heavy atom. The van der Waals surface area contributed by atoms with Crippen molar-refractivity contribution in [3.8, 4) is 0 Å². The minimum Gasteiger partial charge on any atom is -0.383 e. The van der Waals surface area contributed by atoms with Crippen LogP contribution in [0.1, 0.15) is 31.4 Å². The second-order valence-corrected chi connectivity index (χ2v) is 6.15. The summed E-state index contributed by atoms with van der Waals surface area (Å²) in [5, 5.41) is 0. The molecule has 1 fully saturated rings. The summed E-state index contributed by atoms with van der Waals surface area (Å²) in [4.78, 5) is 17.0. The van der Waals surface area contributed by atoms with E-state index in [1.165, 1.54) is 0 Å². The fourth-order valence-electron chi connectivity index (χ4n) is 3.14. The van der Waals surface area contributed by atoms with E-state index in [1.54, 1.807) is 7.11 Å². The summed E-state index contributed by atoms with van der Waals surface area (Å²) in [6.45, 7) is 6.33. The lowest BCUT2D eigenvalue weighted by atomic mass is 10.0. The van der Waals surface area contributed by atoms with Crippen LogP contribution in [0, 0.1) is 0 Å². The van der Waals surface area contributed by atoms with E-state index in [1.807, 2.05) is 35.2 Å². The van der Waals surface area contributed by atoms with Crippen molar-refractivity contribution in [3.05, 3.63) is 35.9 Å². The quantitative estimate of drug-likeness (QED) is 0.775. The first kappa shape index (κ1) is 24.1. The van der Waals surface area contributed by atoms with Crippen molar-refractivity contribution in [1.29, 1.82) is 0 Å². The standard InChI is InChI=1S/C18H29N3O2.2ClH/c1-3-16-14-21(10-9-20(16)11-12-23-2)18(22)13-17(19)15-7-5-4-6-8-15;;/h4-8,16-17H,3,9-14,19H2,1-2H3;2*1H. The molecule has 2 unspecified atom stereocenters. The van der Waals surface area contributed by atoms with Crippen LogP contribution >= 0.6 is 24.8 Å². The first-order chi connectivity index (χ1) is 11.2. The van der Waals surface area contributed by atoms with E-state index in [2.05, 4.69) is 11.8 Å². The molecule has 1 aliphatic heterocycles. The second-order valence-electron chi connectivity index (χ2n) is 6.15. The molecule has 1 aliphatic rings. The molecule has 2 atom stereocenters. The molecule has 0 saturated carbocycles. The van der Waals surface area contributed by atoms with Gasteiger partial charge in [0.2, 0.25) is 5.91 Å². The van der Waals surface area contributed by atoms with Crippen molar-refractivity contribution in [2.45, 2.75) is 31.8 Å². The third kappa shape index (κ3) is 7.12. The van der Waals surface area contributed by atoms with Gasteiger partial charge in [0.15, 0.2) is 0 Å². The smallest absolute Gasteiger partial charge is 0.224 e. The predicted molar refractivity (Wildman–Crippen MR) is 107 cm³/mol. The van der Waals surface area contributed by atoms with Crippen molar-refractivity contribution in [2.24, 2.45) is 5.73 Å². The number of carbonyl (C=O) groups is 1. The molecule has 1 aromatic rings. The van der Waals surface area contributed by atoms with E-state index in [0.717, 1.165) is 44.8 Å². The lowest BCUT2D eigenvalue weighted by Gasteiger charge is -2.41. The van der Waals surface area contributed by atoms with Crippen LogP contribution in [0.3, 0.4) is 0 Å².